The second-order valence-electron chi connectivity index (χ2n) is 4.07. The Morgan fingerprint density at radius 1 is 1.24 bits per heavy atom. The first-order valence-corrected chi connectivity index (χ1v) is 5.55. The number of nitrogens with two attached hydrogens (primary N) is 1. The number of hydrogen-bond acceptors (Lipinski definition) is 3. The Balaban J connectivity index is 2.41. The van der Waals surface area contributed by atoms with E-state index in [1.54, 1.807) is 0 Å². The van der Waals surface area contributed by atoms with E-state index in [0.717, 1.165) is 6.42 Å². The summed E-state index contributed by atoms with van der Waals surface area (Å²) in [5.74, 6) is -0.394. The number of benzene rings is 1. The van der Waals surface area contributed by atoms with E-state index >= 15 is 0 Å². The fourth-order valence-electron chi connectivity index (χ4n) is 1.98. The minimum absolute atomic E-state index is 0.0377. The van der Waals surface area contributed by atoms with Crippen molar-refractivity contribution < 1.29 is 9.59 Å². The van der Waals surface area contributed by atoms with Crippen LogP contribution in [0.4, 0.5) is 4.79 Å². The van der Waals surface area contributed by atoms with Crippen molar-refractivity contribution in [1.29, 1.82) is 0 Å². The maximum Gasteiger partial charge on any atom is 0.322 e. The molecule has 1 aliphatic heterocycles. The third-order valence-electron chi connectivity index (χ3n) is 3.10. The van der Waals surface area contributed by atoms with Gasteiger partial charge in [-0.1, -0.05) is 31.2 Å². The highest BCUT2D eigenvalue weighted by atomic mass is 16.2. The van der Waals surface area contributed by atoms with Gasteiger partial charge >= 0.3 is 6.03 Å². The Morgan fingerprint density at radius 3 is 2.29 bits per heavy atom. The topological polar surface area (TPSA) is 84.2 Å². The van der Waals surface area contributed by atoms with Crippen molar-refractivity contribution in [2.45, 2.75) is 18.9 Å². The summed E-state index contributed by atoms with van der Waals surface area (Å²) in [7, 11) is 0. The van der Waals surface area contributed by atoms with Crippen LogP contribution in [0.5, 0.6) is 0 Å². The predicted molar refractivity (Wildman–Crippen MR) is 63.2 cm³/mol. The van der Waals surface area contributed by atoms with E-state index in [9.17, 15) is 9.59 Å². The molecule has 0 aliphatic carbocycles. The number of amides is 3. The Hall–Kier alpha value is -1.88. The first-order valence-electron chi connectivity index (χ1n) is 5.55. The van der Waals surface area contributed by atoms with Gasteiger partial charge in [0.05, 0.1) is 0 Å². The van der Waals surface area contributed by atoms with Crippen LogP contribution in [0.15, 0.2) is 24.3 Å². The summed E-state index contributed by atoms with van der Waals surface area (Å²) in [6.07, 6.45) is 0.925. The van der Waals surface area contributed by atoms with Crippen LogP contribution in [-0.4, -0.2) is 18.5 Å². The smallest absolute Gasteiger partial charge is 0.322 e. The molecular formula is C12H15N3O2. The van der Waals surface area contributed by atoms with Crippen LogP contribution in [-0.2, 0) is 16.8 Å². The zero-order chi connectivity index (χ0) is 12.5. The lowest BCUT2D eigenvalue weighted by Gasteiger charge is -2.24. The first kappa shape index (κ1) is 11.6. The van der Waals surface area contributed by atoms with Crippen molar-refractivity contribution >= 4 is 11.9 Å². The number of aryl methyl sites for hydroxylation is 1. The average Bonchev–Trinajstić information content (AvgIpc) is 2.65. The highest BCUT2D eigenvalue weighted by Gasteiger charge is 2.46. The van der Waals surface area contributed by atoms with Gasteiger partial charge in [0.1, 0.15) is 0 Å². The molecule has 0 bridgehead atoms. The maximum atomic E-state index is 11.8. The van der Waals surface area contributed by atoms with Crippen LogP contribution in [0.2, 0.25) is 0 Å². The van der Waals surface area contributed by atoms with Gasteiger partial charge in [0, 0.05) is 6.54 Å². The standard InChI is InChI=1S/C12H15N3O2/c1-2-8-3-5-9(6-4-8)12(7-13)10(16)14-11(17)15-12/h3-6H,2,7,13H2,1H3,(H2,14,15,16,17). The van der Waals surface area contributed by atoms with Crippen LogP contribution >= 0.6 is 0 Å². The van der Waals surface area contributed by atoms with Gasteiger partial charge in [-0.3, -0.25) is 10.1 Å². The molecule has 1 atom stereocenters. The van der Waals surface area contributed by atoms with Gasteiger partial charge in [0.15, 0.2) is 5.54 Å². The molecular weight excluding hydrogens is 218 g/mol. The fraction of sp³-hybridized carbons (Fsp3) is 0.333. The number of urea groups is 1. The number of carbonyl (C=O) groups is 2. The molecule has 1 aromatic carbocycles. The normalized spacial score (nSPS) is 23.4. The molecule has 17 heavy (non-hydrogen) atoms. The molecule has 2 rings (SSSR count). The summed E-state index contributed by atoms with van der Waals surface area (Å²) in [5.41, 5.74) is 6.41. The number of hydrogen-bond donors (Lipinski definition) is 3. The molecule has 5 nitrogen and oxygen atoms in total. The van der Waals surface area contributed by atoms with E-state index in [1.165, 1.54) is 5.56 Å². The maximum absolute atomic E-state index is 11.8. The Bertz CT molecular complexity index is 455. The van der Waals surface area contributed by atoms with E-state index in [1.807, 2.05) is 24.3 Å². The number of carbonyl (C=O) groups excluding carboxylic acids is 2. The summed E-state index contributed by atoms with van der Waals surface area (Å²) in [5, 5.41) is 4.81. The first-order chi connectivity index (χ1) is 8.12. The SMILES string of the molecule is CCc1ccc(C2(CN)NC(=O)NC2=O)cc1. The highest BCUT2D eigenvalue weighted by molar-refractivity contribution is 6.07. The third-order valence-corrected chi connectivity index (χ3v) is 3.10. The van der Waals surface area contributed by atoms with Gasteiger partial charge < -0.3 is 11.1 Å². The molecule has 0 spiro atoms. The number of nitrogens with one attached hydrogen (secondary N) is 2. The fourth-order valence-corrected chi connectivity index (χ4v) is 1.98. The van der Waals surface area contributed by atoms with E-state index < -0.39 is 17.5 Å². The molecule has 4 N–H and O–H groups in total. The van der Waals surface area contributed by atoms with Gasteiger partial charge in [0.2, 0.25) is 0 Å². The second kappa shape index (κ2) is 4.18. The highest BCUT2D eigenvalue weighted by Crippen LogP contribution is 2.24. The molecule has 90 valence electrons. The van der Waals surface area contributed by atoms with Crippen molar-refractivity contribution in [2.24, 2.45) is 5.73 Å². The summed E-state index contributed by atoms with van der Waals surface area (Å²) in [4.78, 5) is 23.0. The Kier molecular flexibility index (Phi) is 2.85. The average molecular weight is 233 g/mol. The molecule has 1 fully saturated rings. The van der Waals surface area contributed by atoms with Crippen molar-refractivity contribution in [1.82, 2.24) is 10.6 Å². The Morgan fingerprint density at radius 2 is 1.88 bits per heavy atom. The molecule has 1 heterocycles. The van der Waals surface area contributed by atoms with Gasteiger partial charge in [-0.25, -0.2) is 4.79 Å². The quantitative estimate of drug-likeness (QED) is 0.654. The molecule has 1 unspecified atom stereocenters. The summed E-state index contributed by atoms with van der Waals surface area (Å²) in [6, 6.07) is 7.03. The van der Waals surface area contributed by atoms with Gasteiger partial charge in [-0.05, 0) is 17.5 Å². The molecule has 0 aromatic heterocycles. The predicted octanol–water partition coefficient (Wildman–Crippen LogP) is 0.242. The second-order valence-corrected chi connectivity index (χ2v) is 4.07. The largest absolute Gasteiger partial charge is 0.327 e. The van der Waals surface area contributed by atoms with Crippen LogP contribution in [0, 0.1) is 0 Å². The molecule has 1 saturated heterocycles. The molecule has 0 saturated carbocycles. The van der Waals surface area contributed by atoms with Crippen LogP contribution in [0.25, 0.3) is 0 Å². The number of imide groups is 1. The van der Waals surface area contributed by atoms with Crippen molar-refractivity contribution in [2.75, 3.05) is 6.54 Å². The minimum Gasteiger partial charge on any atom is -0.327 e. The van der Waals surface area contributed by atoms with Crippen LogP contribution in [0.1, 0.15) is 18.1 Å². The summed E-state index contributed by atoms with van der Waals surface area (Å²) in [6.45, 7) is 2.09. The zero-order valence-corrected chi connectivity index (χ0v) is 9.62. The summed E-state index contributed by atoms with van der Waals surface area (Å²) >= 11 is 0. The van der Waals surface area contributed by atoms with E-state index in [2.05, 4.69) is 17.6 Å². The van der Waals surface area contributed by atoms with Gasteiger partial charge in [-0.2, -0.15) is 0 Å². The minimum atomic E-state index is -1.12. The number of rotatable bonds is 3. The Labute approximate surface area is 99.4 Å². The molecule has 0 radical (unpaired) electrons. The monoisotopic (exact) mass is 233 g/mol. The molecule has 1 aromatic rings. The van der Waals surface area contributed by atoms with E-state index in [-0.39, 0.29) is 6.54 Å². The lowest BCUT2D eigenvalue weighted by atomic mass is 9.89. The molecule has 5 heteroatoms. The zero-order valence-electron chi connectivity index (χ0n) is 9.62. The lowest BCUT2D eigenvalue weighted by molar-refractivity contribution is -0.123. The van der Waals surface area contributed by atoms with Crippen LogP contribution in [0.3, 0.4) is 0 Å². The third kappa shape index (κ3) is 1.78. The molecule has 3 amide bonds. The lowest BCUT2D eigenvalue weighted by Crippen LogP contribution is -2.49. The summed E-state index contributed by atoms with van der Waals surface area (Å²) < 4.78 is 0. The molecule has 1 aliphatic rings. The van der Waals surface area contributed by atoms with Crippen molar-refractivity contribution in [3.8, 4) is 0 Å². The van der Waals surface area contributed by atoms with Gasteiger partial charge in [0.25, 0.3) is 5.91 Å². The van der Waals surface area contributed by atoms with E-state index in [4.69, 9.17) is 5.73 Å². The van der Waals surface area contributed by atoms with Crippen molar-refractivity contribution in [3.63, 3.8) is 0 Å². The van der Waals surface area contributed by atoms with Gasteiger partial charge in [-0.15, -0.1) is 0 Å². The van der Waals surface area contributed by atoms with Crippen LogP contribution < -0.4 is 16.4 Å². The van der Waals surface area contributed by atoms with E-state index in [0.29, 0.717) is 5.56 Å². The van der Waals surface area contributed by atoms with Crippen molar-refractivity contribution in [3.05, 3.63) is 35.4 Å².